The van der Waals surface area contributed by atoms with Crippen LogP contribution in [0.15, 0.2) is 192 Å². The fourth-order valence-corrected chi connectivity index (χ4v) is 14.0. The Kier molecular flexibility index (Phi) is 8.10. The predicted octanol–water partition coefficient (Wildman–Crippen LogP) is 18.6. The van der Waals surface area contributed by atoms with E-state index in [0.29, 0.717) is 22.5 Å². The van der Waals surface area contributed by atoms with Crippen molar-refractivity contribution in [2.75, 3.05) is 0 Å². The minimum Gasteiger partial charge on any atom is -0.454 e. The molecule has 0 amide bonds. The second-order valence-electron chi connectivity index (χ2n) is 18.1. The molecular weight excluding hydrogens is 893 g/mol. The zero-order valence-electron chi connectivity index (χ0n) is 37.4. The van der Waals surface area contributed by atoms with E-state index in [-0.39, 0.29) is 0 Å². The van der Waals surface area contributed by atoms with E-state index >= 15 is 0 Å². The number of hydrogen-bond donors (Lipinski definition) is 0. The molecule has 5 aromatic heterocycles. The molecule has 0 aliphatic carbocycles. The number of aromatic nitrogens is 2. The van der Waals surface area contributed by atoms with E-state index < -0.39 is 0 Å². The molecule has 0 saturated carbocycles. The molecule has 0 spiro atoms. The van der Waals surface area contributed by atoms with Gasteiger partial charge in [0.15, 0.2) is 5.58 Å². The zero-order chi connectivity index (χ0) is 46.4. The van der Waals surface area contributed by atoms with Crippen molar-refractivity contribution in [1.29, 1.82) is 5.26 Å². The van der Waals surface area contributed by atoms with Gasteiger partial charge in [-0.3, -0.25) is 0 Å². The largest absolute Gasteiger partial charge is 0.454 e. The first-order chi connectivity index (χ1) is 34.6. The molecule has 15 aromatic rings. The van der Waals surface area contributed by atoms with Crippen molar-refractivity contribution in [3.8, 4) is 39.7 Å². The lowest BCUT2D eigenvalue weighted by Crippen LogP contribution is -2.08. The number of thiophene rings is 2. The molecule has 15 rings (SSSR count). The van der Waals surface area contributed by atoms with Crippen molar-refractivity contribution in [2.45, 2.75) is 6.92 Å². The van der Waals surface area contributed by atoms with E-state index in [1.165, 1.54) is 30.9 Å². The highest BCUT2D eigenvalue weighted by molar-refractivity contribution is 7.27. The minimum absolute atomic E-state index is 0.381. The van der Waals surface area contributed by atoms with Gasteiger partial charge in [0.1, 0.15) is 11.7 Å². The Morgan fingerprint density at radius 2 is 1.01 bits per heavy atom. The monoisotopic (exact) mass is 926 g/mol. The van der Waals surface area contributed by atoms with Crippen LogP contribution in [-0.2, 0) is 0 Å². The van der Waals surface area contributed by atoms with Gasteiger partial charge in [0.05, 0.1) is 55.0 Å². The molecule has 10 aromatic carbocycles. The standard InChI is InChI=1S/C63H34N4OS2/c1-35-25-32-49-47(33-35)43-26-29-44-38-19-9-12-22-50(38)68-61(44)57(43)66(49)56-48(34-64)53(36-15-5-3-6-16-36)60(54(55(56)65-2)37-17-7-4-8-18-37)67-58-41(27-30-45-39-20-10-13-23-51(39)69-62(45)58)42-28-31-46-40-21-11-14-24-52(40)70-63(46)59(42)67/h3-33H,1H3. The molecule has 0 aliphatic heterocycles. The molecule has 0 atom stereocenters. The summed E-state index contributed by atoms with van der Waals surface area (Å²) >= 11 is 3.60. The smallest absolute Gasteiger partial charge is 0.221 e. The summed E-state index contributed by atoms with van der Waals surface area (Å²) in [6, 6.07) is 68.9. The first kappa shape index (κ1) is 39.1. The number of fused-ring (bicyclic) bond motifs is 18. The van der Waals surface area contributed by atoms with Crippen molar-refractivity contribution in [2.24, 2.45) is 0 Å². The average Bonchev–Trinajstić information content (AvgIpc) is 4.23. The van der Waals surface area contributed by atoms with Crippen LogP contribution < -0.4 is 0 Å². The lowest BCUT2D eigenvalue weighted by Gasteiger charge is -2.26. The Bertz CT molecular complexity index is 4650. The number of nitriles is 1. The van der Waals surface area contributed by atoms with Crippen molar-refractivity contribution in [3.05, 3.63) is 211 Å². The number of furan rings is 1. The van der Waals surface area contributed by atoms with Gasteiger partial charge < -0.3 is 13.6 Å². The number of benzene rings is 10. The summed E-state index contributed by atoms with van der Waals surface area (Å²) in [5, 5.41) is 23.2. The third-order valence-electron chi connectivity index (χ3n) is 14.4. The van der Waals surface area contributed by atoms with Gasteiger partial charge in [0.25, 0.3) is 0 Å². The molecule has 0 aliphatic rings. The number of hydrogen-bond acceptors (Lipinski definition) is 4. The predicted molar refractivity (Wildman–Crippen MR) is 295 cm³/mol. The summed E-state index contributed by atoms with van der Waals surface area (Å²) < 4.78 is 16.2. The van der Waals surface area contributed by atoms with E-state index in [0.717, 1.165) is 103 Å². The van der Waals surface area contributed by atoms with E-state index in [2.05, 4.69) is 160 Å². The third-order valence-corrected chi connectivity index (χ3v) is 16.8. The molecule has 0 saturated heterocycles. The van der Waals surface area contributed by atoms with Crippen LogP contribution in [0.5, 0.6) is 0 Å². The third kappa shape index (κ3) is 5.17. The van der Waals surface area contributed by atoms with Gasteiger partial charge in [-0.05, 0) is 54.4 Å². The first-order valence-corrected chi connectivity index (χ1v) is 24.9. The molecule has 0 N–H and O–H groups in total. The van der Waals surface area contributed by atoms with Crippen molar-refractivity contribution < 1.29 is 4.42 Å². The van der Waals surface area contributed by atoms with Gasteiger partial charge in [-0.1, -0.05) is 157 Å². The summed E-state index contributed by atoms with van der Waals surface area (Å²) in [5.74, 6) is 0. The Morgan fingerprint density at radius 1 is 0.486 bits per heavy atom. The van der Waals surface area contributed by atoms with Crippen molar-refractivity contribution in [1.82, 2.24) is 9.13 Å². The number of nitrogens with zero attached hydrogens (tertiary/aromatic N) is 4. The Hall–Kier alpha value is -8.98. The van der Waals surface area contributed by atoms with Gasteiger partial charge in [0, 0.05) is 74.4 Å². The minimum atomic E-state index is 0.381. The summed E-state index contributed by atoms with van der Waals surface area (Å²) in [5.41, 5.74) is 11.8. The van der Waals surface area contributed by atoms with Gasteiger partial charge in [-0.25, -0.2) is 4.85 Å². The highest BCUT2D eigenvalue weighted by atomic mass is 32.1. The summed E-state index contributed by atoms with van der Waals surface area (Å²) in [7, 11) is 0. The van der Waals surface area contributed by atoms with Gasteiger partial charge >= 0.3 is 0 Å². The van der Waals surface area contributed by atoms with Crippen LogP contribution in [0.4, 0.5) is 5.69 Å². The maximum absolute atomic E-state index is 12.2. The maximum atomic E-state index is 12.2. The maximum Gasteiger partial charge on any atom is 0.221 e. The van der Waals surface area contributed by atoms with Crippen LogP contribution in [0.3, 0.4) is 0 Å². The van der Waals surface area contributed by atoms with Crippen LogP contribution in [0.2, 0.25) is 0 Å². The number of rotatable bonds is 4. The van der Waals surface area contributed by atoms with Gasteiger partial charge in [-0.2, -0.15) is 5.26 Å². The normalized spacial score (nSPS) is 12.0. The molecule has 0 unspecified atom stereocenters. The van der Waals surface area contributed by atoms with Crippen molar-refractivity contribution in [3.63, 3.8) is 0 Å². The molecule has 70 heavy (non-hydrogen) atoms. The zero-order valence-corrected chi connectivity index (χ0v) is 39.0. The van der Waals surface area contributed by atoms with E-state index in [1.807, 2.05) is 54.6 Å². The Morgan fingerprint density at radius 3 is 1.63 bits per heavy atom. The molecule has 5 heterocycles. The van der Waals surface area contributed by atoms with Crippen LogP contribution in [0.25, 0.3) is 144 Å². The molecule has 0 bridgehead atoms. The molecule has 324 valence electrons. The summed E-state index contributed by atoms with van der Waals surface area (Å²) in [6.45, 7) is 11.7. The lowest BCUT2D eigenvalue weighted by atomic mass is 9.88. The van der Waals surface area contributed by atoms with Crippen molar-refractivity contribution >= 4 is 134 Å². The molecular formula is C63H34N4OS2. The van der Waals surface area contributed by atoms with Crippen LogP contribution >= 0.6 is 22.7 Å². The van der Waals surface area contributed by atoms with Gasteiger partial charge in [0.2, 0.25) is 5.69 Å². The SMILES string of the molecule is [C-]#[N+]c1c(-c2ccccc2)c(-n2c3c(ccc4c5ccccc5sc43)c3ccc4c5ccccc5sc4c32)c(-c2ccccc2)c(C#N)c1-n1c2ccc(C)cc2c2ccc3c4ccccc4oc3c21. The van der Waals surface area contributed by atoms with E-state index in [1.54, 1.807) is 22.7 Å². The Labute approximate surface area is 407 Å². The second kappa shape index (κ2) is 14.5. The highest BCUT2D eigenvalue weighted by Gasteiger charge is 2.33. The highest BCUT2D eigenvalue weighted by Crippen LogP contribution is 2.55. The number of para-hydroxylation sites is 1. The van der Waals surface area contributed by atoms with E-state index in [4.69, 9.17) is 4.42 Å². The summed E-state index contributed by atoms with van der Waals surface area (Å²) in [4.78, 5) is 4.66. The number of aryl methyl sites for hydroxylation is 1. The first-order valence-electron chi connectivity index (χ1n) is 23.3. The second-order valence-corrected chi connectivity index (χ2v) is 20.2. The quantitative estimate of drug-likeness (QED) is 0.165. The van der Waals surface area contributed by atoms with Crippen LogP contribution in [0.1, 0.15) is 11.1 Å². The molecule has 5 nitrogen and oxygen atoms in total. The fraction of sp³-hybridized carbons (Fsp3) is 0.0159. The Balaban J connectivity index is 1.24. The topological polar surface area (TPSA) is 51.1 Å². The van der Waals surface area contributed by atoms with Crippen LogP contribution in [-0.4, -0.2) is 9.13 Å². The van der Waals surface area contributed by atoms with Crippen LogP contribution in [0, 0.1) is 24.8 Å². The fourth-order valence-electron chi connectivity index (χ4n) is 11.5. The molecule has 0 radical (unpaired) electrons. The average molecular weight is 927 g/mol. The van der Waals surface area contributed by atoms with E-state index in [9.17, 15) is 11.8 Å². The molecule has 7 heteroatoms. The summed E-state index contributed by atoms with van der Waals surface area (Å²) in [6.07, 6.45) is 0. The molecule has 0 fully saturated rings. The van der Waals surface area contributed by atoms with Gasteiger partial charge in [-0.15, -0.1) is 22.7 Å². The lowest BCUT2D eigenvalue weighted by molar-refractivity contribution is 0.671.